The zero-order valence-corrected chi connectivity index (χ0v) is 19.1. The molecule has 1 atom stereocenters. The Hall–Kier alpha value is -2.83. The molecule has 0 aliphatic carbocycles. The molecule has 0 bridgehead atoms. The maximum absolute atomic E-state index is 13.3. The fourth-order valence-corrected chi connectivity index (χ4v) is 5.85. The monoisotopic (exact) mass is 454 g/mol. The lowest BCUT2D eigenvalue weighted by Crippen LogP contribution is -2.35. The summed E-state index contributed by atoms with van der Waals surface area (Å²) in [5.41, 5.74) is 4.71. The van der Waals surface area contributed by atoms with Crippen LogP contribution >= 0.6 is 11.6 Å². The molecule has 31 heavy (non-hydrogen) atoms. The summed E-state index contributed by atoms with van der Waals surface area (Å²) in [6.07, 6.45) is 0.534. The van der Waals surface area contributed by atoms with Crippen LogP contribution in [0.15, 0.2) is 65.6 Å². The Labute approximate surface area is 187 Å². The highest BCUT2D eigenvalue weighted by atomic mass is 35.5. The van der Waals surface area contributed by atoms with E-state index in [1.165, 1.54) is 16.4 Å². The molecule has 3 aromatic carbocycles. The highest BCUT2D eigenvalue weighted by Crippen LogP contribution is 2.37. The molecule has 4 rings (SSSR count). The summed E-state index contributed by atoms with van der Waals surface area (Å²) >= 11 is 5.91. The molecule has 1 aliphatic rings. The quantitative estimate of drug-likeness (QED) is 0.577. The number of halogens is 1. The van der Waals surface area contributed by atoms with Gasteiger partial charge in [0.05, 0.1) is 10.6 Å². The van der Waals surface area contributed by atoms with Gasteiger partial charge in [-0.1, -0.05) is 29.8 Å². The van der Waals surface area contributed by atoms with Crippen LogP contribution in [0.2, 0.25) is 5.02 Å². The van der Waals surface area contributed by atoms with Crippen LogP contribution in [-0.2, 0) is 16.4 Å². The van der Waals surface area contributed by atoms with Gasteiger partial charge >= 0.3 is 0 Å². The number of nitrogens with zero attached hydrogens (tertiary/aromatic N) is 1. The number of benzene rings is 3. The van der Waals surface area contributed by atoms with Crippen molar-refractivity contribution in [2.45, 2.75) is 38.1 Å². The van der Waals surface area contributed by atoms with Crippen molar-refractivity contribution < 1.29 is 13.2 Å². The number of fused-ring (bicyclic) bond motifs is 1. The second kappa shape index (κ2) is 8.02. The van der Waals surface area contributed by atoms with Crippen molar-refractivity contribution in [3.8, 4) is 0 Å². The molecule has 0 spiro atoms. The number of amides is 1. The number of carbonyl (C=O) groups excluding carboxylic acids is 1. The molecule has 7 heteroatoms. The zero-order valence-electron chi connectivity index (χ0n) is 17.5. The van der Waals surface area contributed by atoms with E-state index in [2.05, 4.69) is 5.32 Å². The number of aryl methyl sites for hydroxylation is 2. The summed E-state index contributed by atoms with van der Waals surface area (Å²) in [6, 6.07) is 16.9. The molecule has 0 unspecified atom stereocenters. The summed E-state index contributed by atoms with van der Waals surface area (Å²) in [5.74, 6) is -0.216. The van der Waals surface area contributed by atoms with Gasteiger partial charge in [-0.15, -0.1) is 0 Å². The number of rotatable bonds is 4. The van der Waals surface area contributed by atoms with E-state index in [1.807, 2.05) is 39.0 Å². The Balaban J connectivity index is 1.65. The minimum absolute atomic E-state index is 0.188. The first-order chi connectivity index (χ1) is 14.7. The summed E-state index contributed by atoms with van der Waals surface area (Å²) in [4.78, 5) is 13.1. The number of hydrogen-bond acceptors (Lipinski definition) is 3. The van der Waals surface area contributed by atoms with E-state index in [-0.39, 0.29) is 16.8 Å². The summed E-state index contributed by atoms with van der Waals surface area (Å²) in [6.45, 7) is 5.77. The Morgan fingerprint density at radius 1 is 1.03 bits per heavy atom. The van der Waals surface area contributed by atoms with Gasteiger partial charge in [0.2, 0.25) is 0 Å². The highest BCUT2D eigenvalue weighted by Gasteiger charge is 2.36. The van der Waals surface area contributed by atoms with Crippen LogP contribution in [0.5, 0.6) is 0 Å². The van der Waals surface area contributed by atoms with Gasteiger partial charge in [-0.2, -0.15) is 0 Å². The molecule has 1 aliphatic heterocycles. The fourth-order valence-electron chi connectivity index (χ4n) is 4.03. The Bertz CT molecular complexity index is 1250. The van der Waals surface area contributed by atoms with Crippen molar-refractivity contribution >= 4 is 38.9 Å². The minimum Gasteiger partial charge on any atom is -0.322 e. The van der Waals surface area contributed by atoms with E-state index in [9.17, 15) is 13.2 Å². The lowest BCUT2D eigenvalue weighted by molar-refractivity contribution is 0.102. The molecule has 160 valence electrons. The lowest BCUT2D eigenvalue weighted by atomic mass is 10.1. The van der Waals surface area contributed by atoms with Crippen LogP contribution in [0.3, 0.4) is 0 Å². The average molecular weight is 455 g/mol. The van der Waals surface area contributed by atoms with Crippen LogP contribution < -0.4 is 9.62 Å². The summed E-state index contributed by atoms with van der Waals surface area (Å²) in [5, 5.41) is 3.47. The molecule has 0 saturated heterocycles. The van der Waals surface area contributed by atoms with E-state index in [0.717, 1.165) is 22.4 Å². The van der Waals surface area contributed by atoms with Crippen molar-refractivity contribution in [2.24, 2.45) is 0 Å². The first kappa shape index (κ1) is 21.4. The smallest absolute Gasteiger partial charge is 0.264 e. The maximum atomic E-state index is 13.3. The van der Waals surface area contributed by atoms with E-state index in [1.54, 1.807) is 30.3 Å². The van der Waals surface area contributed by atoms with Gasteiger partial charge in [-0.25, -0.2) is 8.42 Å². The Kier molecular flexibility index (Phi) is 5.54. The molecule has 5 nitrogen and oxygen atoms in total. The third-order valence-corrected chi connectivity index (χ3v) is 7.78. The van der Waals surface area contributed by atoms with Gasteiger partial charge in [0, 0.05) is 22.3 Å². The molecule has 3 aromatic rings. The summed E-state index contributed by atoms with van der Waals surface area (Å²) < 4.78 is 27.9. The van der Waals surface area contributed by atoms with Crippen LogP contribution in [0, 0.1) is 13.8 Å². The first-order valence-corrected chi connectivity index (χ1v) is 11.8. The topological polar surface area (TPSA) is 66.5 Å². The zero-order chi connectivity index (χ0) is 22.3. The largest absolute Gasteiger partial charge is 0.322 e. The van der Waals surface area contributed by atoms with E-state index in [0.29, 0.717) is 22.7 Å². The number of sulfonamides is 1. The van der Waals surface area contributed by atoms with Gasteiger partial charge in [0.15, 0.2) is 0 Å². The number of carbonyl (C=O) groups is 1. The van der Waals surface area contributed by atoms with Gasteiger partial charge in [0.25, 0.3) is 15.9 Å². The fraction of sp³-hybridized carbons (Fsp3) is 0.208. The normalized spacial score (nSPS) is 15.6. The molecule has 0 aromatic heterocycles. The number of anilines is 2. The Morgan fingerprint density at radius 3 is 2.32 bits per heavy atom. The third-order valence-electron chi connectivity index (χ3n) is 5.58. The van der Waals surface area contributed by atoms with Crippen LogP contribution in [0.25, 0.3) is 0 Å². The molecular weight excluding hydrogens is 432 g/mol. The van der Waals surface area contributed by atoms with Crippen molar-refractivity contribution in [3.05, 3.63) is 87.9 Å². The highest BCUT2D eigenvalue weighted by molar-refractivity contribution is 7.92. The van der Waals surface area contributed by atoms with Crippen LogP contribution in [0.1, 0.15) is 34.0 Å². The Morgan fingerprint density at radius 2 is 1.68 bits per heavy atom. The molecule has 0 saturated carbocycles. The SMILES string of the molecule is Cc1cccc(C)c1NC(=O)c1ccc2c(c1)C[C@@H](C)N2S(=O)(=O)c1ccc(Cl)cc1. The minimum atomic E-state index is -3.74. The second-order valence-corrected chi connectivity index (χ2v) is 10.1. The number of hydrogen-bond donors (Lipinski definition) is 1. The molecule has 1 heterocycles. The van der Waals surface area contributed by atoms with E-state index < -0.39 is 10.0 Å². The molecular formula is C24H23ClN2O3S. The number of para-hydroxylation sites is 1. The van der Waals surface area contributed by atoms with Crippen molar-refractivity contribution in [1.82, 2.24) is 0 Å². The molecule has 1 amide bonds. The molecule has 0 fully saturated rings. The standard InChI is InChI=1S/C24H23ClN2O3S/c1-15-5-4-6-16(2)23(15)26-24(28)18-7-12-22-19(14-18)13-17(3)27(22)31(29,30)21-10-8-20(25)9-11-21/h4-12,14,17H,13H2,1-3H3,(H,26,28)/t17-/m1/s1. The molecule has 1 N–H and O–H groups in total. The predicted octanol–water partition coefficient (Wildman–Crippen LogP) is 5.35. The van der Waals surface area contributed by atoms with E-state index >= 15 is 0 Å². The lowest BCUT2D eigenvalue weighted by Gasteiger charge is -2.24. The number of nitrogens with one attached hydrogen (secondary N) is 1. The van der Waals surface area contributed by atoms with Gasteiger partial charge in [-0.3, -0.25) is 9.10 Å². The second-order valence-electron chi connectivity index (χ2n) is 7.87. The van der Waals surface area contributed by atoms with Crippen molar-refractivity contribution in [1.29, 1.82) is 0 Å². The van der Waals surface area contributed by atoms with Crippen molar-refractivity contribution in [3.63, 3.8) is 0 Å². The van der Waals surface area contributed by atoms with Crippen LogP contribution in [-0.4, -0.2) is 20.4 Å². The van der Waals surface area contributed by atoms with Gasteiger partial charge in [0.1, 0.15) is 0 Å². The third kappa shape index (κ3) is 3.93. The van der Waals surface area contributed by atoms with Crippen molar-refractivity contribution in [2.75, 3.05) is 9.62 Å². The summed E-state index contributed by atoms with van der Waals surface area (Å²) in [7, 11) is -3.74. The first-order valence-electron chi connectivity index (χ1n) is 9.99. The van der Waals surface area contributed by atoms with Crippen LogP contribution in [0.4, 0.5) is 11.4 Å². The average Bonchev–Trinajstić information content (AvgIpc) is 3.06. The maximum Gasteiger partial charge on any atom is 0.264 e. The van der Waals surface area contributed by atoms with E-state index in [4.69, 9.17) is 11.6 Å². The van der Waals surface area contributed by atoms with Gasteiger partial charge in [-0.05, 0) is 86.3 Å². The predicted molar refractivity (Wildman–Crippen MR) is 125 cm³/mol. The molecule has 0 radical (unpaired) electrons. The van der Waals surface area contributed by atoms with Gasteiger partial charge < -0.3 is 5.32 Å².